The van der Waals surface area contributed by atoms with Gasteiger partial charge in [0.1, 0.15) is 0 Å². The van der Waals surface area contributed by atoms with Crippen LogP contribution in [0.4, 0.5) is 0 Å². The number of carbonyl (C=O) groups excluding carboxylic acids is 1. The van der Waals surface area contributed by atoms with Crippen molar-refractivity contribution >= 4 is 5.91 Å². The quantitative estimate of drug-likeness (QED) is 0.609. The maximum absolute atomic E-state index is 11.3. The van der Waals surface area contributed by atoms with E-state index >= 15 is 0 Å². The molecule has 0 aromatic heterocycles. The Balaban J connectivity index is 1.64. The lowest BCUT2D eigenvalue weighted by atomic mass is 9.86. The predicted octanol–water partition coefficient (Wildman–Crippen LogP) is -0.160. The summed E-state index contributed by atoms with van der Waals surface area (Å²) in [5.41, 5.74) is 5.71. The number of rotatable bonds is 2. The smallest absolute Gasteiger partial charge is 0.220 e. The first-order chi connectivity index (χ1) is 7.71. The van der Waals surface area contributed by atoms with E-state index in [1.165, 1.54) is 12.8 Å². The highest BCUT2D eigenvalue weighted by atomic mass is 16.1. The molecule has 4 N–H and O–H groups in total. The second-order valence-corrected chi connectivity index (χ2v) is 5.74. The van der Waals surface area contributed by atoms with Crippen LogP contribution in [0, 0.1) is 17.8 Å². The zero-order valence-electron chi connectivity index (χ0n) is 9.67. The molecule has 0 aromatic carbocycles. The first-order valence-electron chi connectivity index (χ1n) is 6.46. The van der Waals surface area contributed by atoms with Crippen LogP contribution >= 0.6 is 0 Å². The Kier molecular flexibility index (Phi) is 2.44. The number of carbonyl (C=O) groups is 1. The monoisotopic (exact) mass is 223 g/mol. The highest BCUT2D eigenvalue weighted by Crippen LogP contribution is 2.55. The molecule has 90 valence electrons. The number of nitrogens with one attached hydrogen (secondary N) is 2. The van der Waals surface area contributed by atoms with Crippen LogP contribution in [0.5, 0.6) is 0 Å². The van der Waals surface area contributed by atoms with Crippen LogP contribution in [0.25, 0.3) is 0 Å². The van der Waals surface area contributed by atoms with E-state index in [1.54, 1.807) is 0 Å². The molecular weight excluding hydrogens is 202 g/mol. The van der Waals surface area contributed by atoms with E-state index in [0.717, 1.165) is 44.3 Å². The molecule has 2 saturated heterocycles. The van der Waals surface area contributed by atoms with Gasteiger partial charge in [-0.15, -0.1) is 0 Å². The average Bonchev–Trinajstić information content (AvgIpc) is 2.77. The Hall–Kier alpha value is -0.610. The highest BCUT2D eigenvalue weighted by Gasteiger charge is 2.59. The molecule has 0 radical (unpaired) electrons. The SMILES string of the molecule is NC(=O)C1CCNC2(C1)CC2C1CCNC1. The van der Waals surface area contributed by atoms with Crippen molar-refractivity contribution in [2.45, 2.75) is 31.2 Å². The molecule has 16 heavy (non-hydrogen) atoms. The predicted molar refractivity (Wildman–Crippen MR) is 61.7 cm³/mol. The van der Waals surface area contributed by atoms with E-state index in [0.29, 0.717) is 0 Å². The molecule has 2 heterocycles. The maximum atomic E-state index is 11.3. The van der Waals surface area contributed by atoms with Gasteiger partial charge in [-0.1, -0.05) is 0 Å². The van der Waals surface area contributed by atoms with Crippen molar-refractivity contribution in [2.24, 2.45) is 23.5 Å². The van der Waals surface area contributed by atoms with Gasteiger partial charge < -0.3 is 16.4 Å². The van der Waals surface area contributed by atoms with Crippen LogP contribution in [0.2, 0.25) is 0 Å². The Morgan fingerprint density at radius 3 is 2.81 bits per heavy atom. The summed E-state index contributed by atoms with van der Waals surface area (Å²) in [5, 5.41) is 7.08. The summed E-state index contributed by atoms with van der Waals surface area (Å²) < 4.78 is 0. The molecule has 4 unspecified atom stereocenters. The summed E-state index contributed by atoms with van der Waals surface area (Å²) in [7, 11) is 0. The molecule has 3 fully saturated rings. The van der Waals surface area contributed by atoms with Crippen molar-refractivity contribution in [3.63, 3.8) is 0 Å². The molecule has 3 rings (SSSR count). The minimum absolute atomic E-state index is 0.101. The standard InChI is InChI=1S/C12H21N3O/c13-11(16)8-2-4-15-12(5-8)6-10(12)9-1-3-14-7-9/h8-10,14-15H,1-7H2,(H2,13,16). The molecule has 0 aromatic rings. The second kappa shape index (κ2) is 3.70. The first kappa shape index (κ1) is 10.5. The van der Waals surface area contributed by atoms with Gasteiger partial charge >= 0.3 is 0 Å². The van der Waals surface area contributed by atoms with E-state index in [1.807, 2.05) is 0 Å². The molecule has 4 atom stereocenters. The lowest BCUT2D eigenvalue weighted by Gasteiger charge is -2.31. The van der Waals surface area contributed by atoms with Gasteiger partial charge in [-0.25, -0.2) is 0 Å². The van der Waals surface area contributed by atoms with Crippen molar-refractivity contribution in [1.29, 1.82) is 0 Å². The van der Waals surface area contributed by atoms with Gasteiger partial charge in [0.05, 0.1) is 0 Å². The van der Waals surface area contributed by atoms with Gasteiger partial charge in [0.2, 0.25) is 5.91 Å². The van der Waals surface area contributed by atoms with Crippen molar-refractivity contribution in [1.82, 2.24) is 10.6 Å². The summed E-state index contributed by atoms with van der Waals surface area (Å²) in [5.74, 6) is 1.61. The van der Waals surface area contributed by atoms with E-state index in [2.05, 4.69) is 10.6 Å². The maximum Gasteiger partial charge on any atom is 0.220 e. The third kappa shape index (κ3) is 1.64. The highest BCUT2D eigenvalue weighted by molar-refractivity contribution is 5.77. The number of primary amides is 1. The average molecular weight is 223 g/mol. The number of hydrogen-bond acceptors (Lipinski definition) is 3. The van der Waals surface area contributed by atoms with Crippen LogP contribution < -0.4 is 16.4 Å². The van der Waals surface area contributed by atoms with Gasteiger partial charge in [-0.3, -0.25) is 4.79 Å². The largest absolute Gasteiger partial charge is 0.369 e. The number of piperidine rings is 1. The van der Waals surface area contributed by atoms with Crippen LogP contribution in [0.3, 0.4) is 0 Å². The molecule has 3 aliphatic rings. The van der Waals surface area contributed by atoms with Crippen LogP contribution in [-0.2, 0) is 4.79 Å². The van der Waals surface area contributed by atoms with Crippen LogP contribution in [-0.4, -0.2) is 31.1 Å². The van der Waals surface area contributed by atoms with Crippen molar-refractivity contribution in [2.75, 3.05) is 19.6 Å². The Labute approximate surface area is 96.3 Å². The Morgan fingerprint density at radius 2 is 2.12 bits per heavy atom. The molecule has 4 heteroatoms. The minimum Gasteiger partial charge on any atom is -0.369 e. The fourth-order valence-corrected chi connectivity index (χ4v) is 3.76. The lowest BCUT2D eigenvalue weighted by molar-refractivity contribution is -0.123. The van der Waals surface area contributed by atoms with E-state index in [-0.39, 0.29) is 17.4 Å². The second-order valence-electron chi connectivity index (χ2n) is 5.74. The number of hydrogen-bond donors (Lipinski definition) is 3. The van der Waals surface area contributed by atoms with Gasteiger partial charge in [0.15, 0.2) is 0 Å². The summed E-state index contributed by atoms with van der Waals surface area (Å²) in [6, 6.07) is 0. The molecule has 1 saturated carbocycles. The van der Waals surface area contributed by atoms with Crippen LogP contribution in [0.1, 0.15) is 25.7 Å². The van der Waals surface area contributed by atoms with Crippen molar-refractivity contribution in [3.05, 3.63) is 0 Å². The third-order valence-electron chi connectivity index (χ3n) is 4.78. The zero-order valence-corrected chi connectivity index (χ0v) is 9.67. The summed E-state index contributed by atoms with van der Waals surface area (Å²) >= 11 is 0. The van der Waals surface area contributed by atoms with E-state index in [4.69, 9.17) is 5.73 Å². The van der Waals surface area contributed by atoms with Crippen molar-refractivity contribution < 1.29 is 4.79 Å². The molecule has 2 aliphatic heterocycles. The Morgan fingerprint density at radius 1 is 1.25 bits per heavy atom. The molecule has 1 amide bonds. The fourth-order valence-electron chi connectivity index (χ4n) is 3.76. The lowest BCUT2D eigenvalue weighted by Crippen LogP contribution is -2.46. The van der Waals surface area contributed by atoms with Gasteiger partial charge in [0, 0.05) is 11.5 Å². The topological polar surface area (TPSA) is 67.2 Å². The van der Waals surface area contributed by atoms with Gasteiger partial charge in [-0.05, 0) is 57.2 Å². The minimum atomic E-state index is -0.101. The van der Waals surface area contributed by atoms with E-state index < -0.39 is 0 Å². The molecule has 4 nitrogen and oxygen atoms in total. The third-order valence-corrected chi connectivity index (χ3v) is 4.78. The fraction of sp³-hybridized carbons (Fsp3) is 0.917. The number of nitrogens with two attached hydrogens (primary N) is 1. The van der Waals surface area contributed by atoms with E-state index in [9.17, 15) is 4.79 Å². The normalized spacial score (nSPS) is 47.1. The zero-order chi connectivity index (χ0) is 11.2. The molecule has 0 bridgehead atoms. The van der Waals surface area contributed by atoms with Gasteiger partial charge in [0.25, 0.3) is 0 Å². The summed E-state index contributed by atoms with van der Waals surface area (Å²) in [6.45, 7) is 3.29. The van der Waals surface area contributed by atoms with Crippen molar-refractivity contribution in [3.8, 4) is 0 Å². The molecule has 1 spiro atoms. The summed E-state index contributed by atoms with van der Waals surface area (Å²) in [6.07, 6.45) is 4.45. The van der Waals surface area contributed by atoms with Gasteiger partial charge in [-0.2, -0.15) is 0 Å². The first-order valence-corrected chi connectivity index (χ1v) is 6.46. The molecular formula is C12H21N3O. The van der Waals surface area contributed by atoms with Crippen LogP contribution in [0.15, 0.2) is 0 Å². The number of amides is 1. The Bertz CT molecular complexity index is 301. The summed E-state index contributed by atoms with van der Waals surface area (Å²) in [4.78, 5) is 11.3. The molecule has 1 aliphatic carbocycles.